The smallest absolute Gasteiger partial charge is 0.265 e. The number of aromatic hydroxyl groups is 1. The molecule has 2 aromatic rings. The first-order valence-corrected chi connectivity index (χ1v) is 8.29. The van der Waals surface area contributed by atoms with Crippen LogP contribution in [-0.2, 0) is 7.05 Å². The normalized spacial score (nSPS) is 15.8. The second-order valence-corrected chi connectivity index (χ2v) is 6.30. The van der Waals surface area contributed by atoms with E-state index in [9.17, 15) is 14.7 Å². The molecule has 5 nitrogen and oxygen atoms in total. The Bertz CT molecular complexity index is 874. The van der Waals surface area contributed by atoms with Crippen molar-refractivity contribution in [3.63, 3.8) is 0 Å². The number of likely N-dealkylation sites (tertiary alicyclic amines) is 1. The Kier molecular flexibility index (Phi) is 4.42. The molecular weight excluding hydrogens is 304 g/mol. The Hall–Kier alpha value is -2.56. The first kappa shape index (κ1) is 16.3. The summed E-state index contributed by atoms with van der Waals surface area (Å²) >= 11 is 0. The lowest BCUT2D eigenvalue weighted by Gasteiger charge is -2.29. The Labute approximate surface area is 140 Å². The summed E-state index contributed by atoms with van der Waals surface area (Å²) in [7, 11) is 1.61. The number of rotatable bonds is 3. The van der Waals surface area contributed by atoms with Gasteiger partial charge < -0.3 is 14.6 Å². The van der Waals surface area contributed by atoms with Gasteiger partial charge >= 0.3 is 0 Å². The van der Waals surface area contributed by atoms with Crippen molar-refractivity contribution in [2.75, 3.05) is 13.1 Å². The molecule has 1 saturated heterocycles. The molecule has 1 aliphatic heterocycles. The van der Waals surface area contributed by atoms with Gasteiger partial charge in [0.05, 0.1) is 5.52 Å². The fraction of sp³-hybridized carbons (Fsp3) is 0.368. The van der Waals surface area contributed by atoms with Gasteiger partial charge in [-0.15, -0.1) is 0 Å². The maximum absolute atomic E-state index is 12.7. The maximum atomic E-state index is 12.7. The Balaban J connectivity index is 2.05. The number of hydrogen-bond donors (Lipinski definition) is 1. The molecule has 0 amide bonds. The SMILES string of the molecule is CC(=CC(=O)c1c(O)c2ccccc2n(C)c1=O)N1CCCCC1. The van der Waals surface area contributed by atoms with Crippen LogP contribution in [-0.4, -0.2) is 33.4 Å². The van der Waals surface area contributed by atoms with Crippen LogP contribution in [0.15, 0.2) is 40.8 Å². The average molecular weight is 326 g/mol. The third-order valence-corrected chi connectivity index (χ3v) is 4.72. The average Bonchev–Trinajstić information content (AvgIpc) is 2.60. The topological polar surface area (TPSA) is 62.5 Å². The third kappa shape index (κ3) is 2.82. The molecule has 0 saturated carbocycles. The van der Waals surface area contributed by atoms with E-state index in [1.165, 1.54) is 17.1 Å². The van der Waals surface area contributed by atoms with E-state index in [0.29, 0.717) is 10.9 Å². The number of aromatic nitrogens is 1. The minimum Gasteiger partial charge on any atom is -0.506 e. The molecule has 5 heteroatoms. The largest absolute Gasteiger partial charge is 0.506 e. The molecule has 0 spiro atoms. The number of allylic oxidation sites excluding steroid dienone is 2. The Morgan fingerprint density at radius 3 is 2.54 bits per heavy atom. The molecule has 1 fully saturated rings. The van der Waals surface area contributed by atoms with E-state index in [1.807, 2.05) is 6.92 Å². The van der Waals surface area contributed by atoms with Crippen LogP contribution in [0, 0.1) is 0 Å². The van der Waals surface area contributed by atoms with Crippen molar-refractivity contribution >= 4 is 16.7 Å². The summed E-state index contributed by atoms with van der Waals surface area (Å²) < 4.78 is 1.41. The quantitative estimate of drug-likeness (QED) is 0.696. The van der Waals surface area contributed by atoms with E-state index in [0.717, 1.165) is 31.6 Å². The van der Waals surface area contributed by atoms with Crippen LogP contribution in [0.3, 0.4) is 0 Å². The Morgan fingerprint density at radius 2 is 1.83 bits per heavy atom. The number of piperidine rings is 1. The van der Waals surface area contributed by atoms with Crippen molar-refractivity contribution in [2.24, 2.45) is 7.05 Å². The number of fused-ring (bicyclic) bond motifs is 1. The monoisotopic (exact) mass is 326 g/mol. The summed E-state index contributed by atoms with van der Waals surface area (Å²) in [5.74, 6) is -0.677. The molecule has 0 radical (unpaired) electrons. The zero-order chi connectivity index (χ0) is 17.3. The van der Waals surface area contributed by atoms with Gasteiger partial charge in [0.1, 0.15) is 11.3 Å². The Morgan fingerprint density at radius 1 is 1.17 bits per heavy atom. The summed E-state index contributed by atoms with van der Waals surface area (Å²) in [6.45, 7) is 3.74. The van der Waals surface area contributed by atoms with Crippen LogP contribution in [0.4, 0.5) is 0 Å². The molecule has 1 N–H and O–H groups in total. The summed E-state index contributed by atoms with van der Waals surface area (Å²) in [5.41, 5.74) is 0.814. The van der Waals surface area contributed by atoms with Gasteiger partial charge in [-0.1, -0.05) is 12.1 Å². The highest BCUT2D eigenvalue weighted by molar-refractivity contribution is 6.09. The molecule has 3 rings (SSSR count). The van der Waals surface area contributed by atoms with Crippen LogP contribution in [0.5, 0.6) is 5.75 Å². The number of ketones is 1. The van der Waals surface area contributed by atoms with Crippen LogP contribution in [0.2, 0.25) is 0 Å². The molecule has 1 aromatic heterocycles. The highest BCUT2D eigenvalue weighted by Gasteiger charge is 2.20. The maximum Gasteiger partial charge on any atom is 0.265 e. The molecular formula is C19H22N2O3. The van der Waals surface area contributed by atoms with Crippen molar-refractivity contribution < 1.29 is 9.90 Å². The number of carbonyl (C=O) groups excluding carboxylic acids is 1. The molecule has 24 heavy (non-hydrogen) atoms. The fourth-order valence-corrected chi connectivity index (χ4v) is 3.30. The van der Waals surface area contributed by atoms with Crippen molar-refractivity contribution in [3.8, 4) is 5.75 Å². The zero-order valence-electron chi connectivity index (χ0n) is 14.1. The van der Waals surface area contributed by atoms with Gasteiger partial charge in [0.15, 0.2) is 5.78 Å². The lowest BCUT2D eigenvalue weighted by molar-refractivity contribution is 0.103. The predicted octanol–water partition coefficient (Wildman–Crippen LogP) is 2.82. The van der Waals surface area contributed by atoms with Crippen molar-refractivity contribution in [1.82, 2.24) is 9.47 Å². The minimum absolute atomic E-state index is 0.160. The van der Waals surface area contributed by atoms with Gasteiger partial charge in [-0.2, -0.15) is 0 Å². The first-order valence-electron chi connectivity index (χ1n) is 8.29. The zero-order valence-corrected chi connectivity index (χ0v) is 14.1. The molecule has 0 aliphatic carbocycles. The lowest BCUT2D eigenvalue weighted by atomic mass is 10.1. The number of hydrogen-bond acceptors (Lipinski definition) is 4. The molecule has 126 valence electrons. The molecule has 2 heterocycles. The van der Waals surface area contributed by atoms with E-state index in [-0.39, 0.29) is 11.3 Å². The van der Waals surface area contributed by atoms with Crippen LogP contribution in [0.1, 0.15) is 36.5 Å². The van der Waals surface area contributed by atoms with E-state index in [4.69, 9.17) is 0 Å². The number of benzene rings is 1. The van der Waals surface area contributed by atoms with Crippen molar-refractivity contribution in [1.29, 1.82) is 0 Å². The van der Waals surface area contributed by atoms with E-state index < -0.39 is 11.3 Å². The number of para-hydroxylation sites is 1. The van der Waals surface area contributed by atoms with Crippen LogP contribution >= 0.6 is 0 Å². The molecule has 1 aromatic carbocycles. The van der Waals surface area contributed by atoms with Crippen LogP contribution in [0.25, 0.3) is 10.9 Å². The molecule has 0 atom stereocenters. The number of carbonyl (C=O) groups is 1. The second kappa shape index (κ2) is 6.51. The summed E-state index contributed by atoms with van der Waals surface area (Å²) in [5, 5.41) is 11.0. The minimum atomic E-state index is -0.473. The highest BCUT2D eigenvalue weighted by atomic mass is 16.3. The fourth-order valence-electron chi connectivity index (χ4n) is 3.30. The molecule has 0 bridgehead atoms. The molecule has 1 aliphatic rings. The van der Waals surface area contributed by atoms with Gasteiger partial charge in [-0.3, -0.25) is 9.59 Å². The number of nitrogens with zero attached hydrogens (tertiary/aromatic N) is 2. The number of pyridine rings is 1. The second-order valence-electron chi connectivity index (χ2n) is 6.30. The summed E-state index contributed by atoms with van der Waals surface area (Å²) in [6.07, 6.45) is 4.91. The predicted molar refractivity (Wildman–Crippen MR) is 94.4 cm³/mol. The van der Waals surface area contributed by atoms with Crippen molar-refractivity contribution in [2.45, 2.75) is 26.2 Å². The van der Waals surface area contributed by atoms with Crippen molar-refractivity contribution in [3.05, 3.63) is 52.0 Å². The third-order valence-electron chi connectivity index (χ3n) is 4.72. The van der Waals surface area contributed by atoms with E-state index in [2.05, 4.69) is 4.90 Å². The van der Waals surface area contributed by atoms with Gasteiger partial charge in [-0.05, 0) is 38.3 Å². The van der Waals surface area contributed by atoms with Gasteiger partial charge in [-0.25, -0.2) is 0 Å². The van der Waals surface area contributed by atoms with Crippen LogP contribution < -0.4 is 5.56 Å². The molecule has 0 unspecified atom stereocenters. The lowest BCUT2D eigenvalue weighted by Crippen LogP contribution is -2.29. The standard InChI is InChI=1S/C19H22N2O3/c1-13(21-10-6-3-7-11-21)12-16(22)17-18(23)14-8-4-5-9-15(14)20(2)19(17)24/h4-5,8-9,12,23H,3,6-7,10-11H2,1-2H3. The first-order chi connectivity index (χ1) is 11.5. The van der Waals surface area contributed by atoms with Gasteiger partial charge in [0, 0.05) is 37.3 Å². The highest BCUT2D eigenvalue weighted by Crippen LogP contribution is 2.26. The summed E-state index contributed by atoms with van der Waals surface area (Å²) in [4.78, 5) is 27.4. The van der Waals surface area contributed by atoms with E-state index >= 15 is 0 Å². The van der Waals surface area contributed by atoms with E-state index in [1.54, 1.807) is 31.3 Å². The number of aryl methyl sites for hydroxylation is 1. The van der Waals surface area contributed by atoms with Gasteiger partial charge in [0.25, 0.3) is 5.56 Å². The summed E-state index contributed by atoms with van der Waals surface area (Å²) in [6, 6.07) is 7.03. The van der Waals surface area contributed by atoms with Gasteiger partial charge in [0.2, 0.25) is 0 Å².